The van der Waals surface area contributed by atoms with Crippen molar-refractivity contribution < 1.29 is 4.42 Å². The van der Waals surface area contributed by atoms with Gasteiger partial charge in [0.05, 0.1) is 11.4 Å². The number of nitrogens with zero attached hydrogens (tertiary/aromatic N) is 1. The van der Waals surface area contributed by atoms with Crippen molar-refractivity contribution in [2.75, 3.05) is 4.90 Å². The number of hydrogen-bond acceptors (Lipinski definition) is 2. The van der Waals surface area contributed by atoms with Gasteiger partial charge in [-0.2, -0.15) is 0 Å². The second kappa shape index (κ2) is 12.7. The van der Waals surface area contributed by atoms with Gasteiger partial charge >= 0.3 is 0 Å². The molecule has 1 aromatic heterocycles. The van der Waals surface area contributed by atoms with Crippen molar-refractivity contribution in [2.24, 2.45) is 0 Å². The molecule has 2 heteroatoms. The highest BCUT2D eigenvalue weighted by atomic mass is 16.3. The molecule has 9 aromatic rings. The highest BCUT2D eigenvalue weighted by molar-refractivity contribution is 6.10. The molecule has 1 heterocycles. The maximum Gasteiger partial charge on any atom is 0.135 e. The van der Waals surface area contributed by atoms with E-state index in [-0.39, 0.29) is 5.41 Å². The summed E-state index contributed by atoms with van der Waals surface area (Å²) in [6.07, 6.45) is 0. The van der Waals surface area contributed by atoms with Crippen molar-refractivity contribution in [1.82, 2.24) is 0 Å². The molecule has 52 heavy (non-hydrogen) atoms. The zero-order valence-electron chi connectivity index (χ0n) is 29.7. The molecular formula is C50H39NO. The monoisotopic (exact) mass is 669 g/mol. The van der Waals surface area contributed by atoms with E-state index in [1.165, 1.54) is 38.6 Å². The van der Waals surface area contributed by atoms with Crippen LogP contribution in [0, 0.1) is 0 Å². The van der Waals surface area contributed by atoms with E-state index in [4.69, 9.17) is 4.42 Å². The van der Waals surface area contributed by atoms with Gasteiger partial charge in [-0.05, 0) is 86.5 Å². The molecule has 2 nitrogen and oxygen atoms in total. The summed E-state index contributed by atoms with van der Waals surface area (Å²) in [6, 6.07) is 65.7. The number of anilines is 3. The summed E-state index contributed by atoms with van der Waals surface area (Å²) in [7, 11) is 0. The Balaban J connectivity index is 1.30. The number of furan rings is 1. The lowest BCUT2D eigenvalue weighted by molar-refractivity contribution is 0.590. The Morgan fingerprint density at radius 3 is 1.77 bits per heavy atom. The average Bonchev–Trinajstić information content (AvgIpc) is 3.56. The van der Waals surface area contributed by atoms with Gasteiger partial charge in [-0.3, -0.25) is 0 Å². The minimum atomic E-state index is 0.0404. The van der Waals surface area contributed by atoms with Crippen LogP contribution in [0.25, 0.3) is 66.1 Å². The second-order valence-electron chi connectivity index (χ2n) is 14.6. The van der Waals surface area contributed by atoms with E-state index in [2.05, 4.69) is 196 Å². The standard InChI is InChI=1S/C50H39NO/c1-50(2,3)37-28-30-38(31-29-37)51(45-24-10-7-19-39(45)36-27-32-48-44(33-36)42-21-9-12-26-47(42)52-48)46-25-11-8-20-41(46)43-23-14-18-35-17-13-22-40(49(35)43)34-15-5-4-6-16-34/h4-33H,1-3H3. The van der Waals surface area contributed by atoms with Gasteiger partial charge in [0.15, 0.2) is 0 Å². The van der Waals surface area contributed by atoms with Crippen molar-refractivity contribution in [1.29, 1.82) is 0 Å². The van der Waals surface area contributed by atoms with E-state index in [1.807, 2.05) is 12.1 Å². The molecule has 0 saturated carbocycles. The van der Waals surface area contributed by atoms with Gasteiger partial charge in [0.1, 0.15) is 11.2 Å². The van der Waals surface area contributed by atoms with E-state index >= 15 is 0 Å². The first-order valence-corrected chi connectivity index (χ1v) is 18.0. The minimum Gasteiger partial charge on any atom is -0.456 e. The molecule has 8 aromatic carbocycles. The molecule has 0 atom stereocenters. The molecule has 0 unspecified atom stereocenters. The number of rotatable bonds is 6. The van der Waals surface area contributed by atoms with E-state index in [9.17, 15) is 0 Å². The molecule has 0 saturated heterocycles. The van der Waals surface area contributed by atoms with E-state index in [1.54, 1.807) is 0 Å². The Bertz CT molecular complexity index is 2710. The molecule has 0 radical (unpaired) electrons. The number of para-hydroxylation sites is 3. The van der Waals surface area contributed by atoms with Crippen LogP contribution < -0.4 is 4.90 Å². The van der Waals surface area contributed by atoms with Crippen LogP contribution in [0.5, 0.6) is 0 Å². The fourth-order valence-electron chi connectivity index (χ4n) is 7.64. The third-order valence-electron chi connectivity index (χ3n) is 10.2. The van der Waals surface area contributed by atoms with Gasteiger partial charge in [-0.1, -0.05) is 160 Å². The topological polar surface area (TPSA) is 16.4 Å². The third-order valence-corrected chi connectivity index (χ3v) is 10.2. The number of benzene rings is 8. The quantitative estimate of drug-likeness (QED) is 0.175. The van der Waals surface area contributed by atoms with Gasteiger partial charge in [-0.15, -0.1) is 0 Å². The summed E-state index contributed by atoms with van der Waals surface area (Å²) in [4.78, 5) is 2.44. The van der Waals surface area contributed by atoms with Crippen LogP contribution in [0.15, 0.2) is 186 Å². The van der Waals surface area contributed by atoms with E-state index in [0.29, 0.717) is 0 Å². The fourth-order valence-corrected chi connectivity index (χ4v) is 7.64. The van der Waals surface area contributed by atoms with Crippen LogP contribution in [0.4, 0.5) is 17.1 Å². The zero-order valence-corrected chi connectivity index (χ0v) is 29.7. The van der Waals surface area contributed by atoms with Crippen LogP contribution in [0.3, 0.4) is 0 Å². The van der Waals surface area contributed by atoms with Crippen molar-refractivity contribution >= 4 is 49.8 Å². The largest absolute Gasteiger partial charge is 0.456 e. The van der Waals surface area contributed by atoms with Crippen LogP contribution >= 0.6 is 0 Å². The first-order chi connectivity index (χ1) is 25.4. The van der Waals surface area contributed by atoms with Gasteiger partial charge in [0, 0.05) is 27.6 Å². The Kier molecular flexibility index (Phi) is 7.74. The summed E-state index contributed by atoms with van der Waals surface area (Å²) >= 11 is 0. The Morgan fingerprint density at radius 2 is 1.02 bits per heavy atom. The summed E-state index contributed by atoms with van der Waals surface area (Å²) in [5, 5.41) is 4.71. The highest BCUT2D eigenvalue weighted by Crippen LogP contribution is 2.47. The molecule has 0 bridgehead atoms. The van der Waals surface area contributed by atoms with Crippen LogP contribution in [0.1, 0.15) is 26.3 Å². The summed E-state index contributed by atoms with van der Waals surface area (Å²) in [6.45, 7) is 6.81. The van der Waals surface area contributed by atoms with Crippen LogP contribution in [-0.2, 0) is 5.41 Å². The summed E-state index contributed by atoms with van der Waals surface area (Å²) in [5.74, 6) is 0. The molecule has 0 spiro atoms. The van der Waals surface area contributed by atoms with Gasteiger partial charge in [-0.25, -0.2) is 0 Å². The maximum absolute atomic E-state index is 6.23. The third kappa shape index (κ3) is 5.54. The zero-order chi connectivity index (χ0) is 35.2. The van der Waals surface area contributed by atoms with Crippen molar-refractivity contribution in [3.05, 3.63) is 188 Å². The summed E-state index contributed by atoms with van der Waals surface area (Å²) < 4.78 is 6.23. The molecule has 0 aliphatic heterocycles. The highest BCUT2D eigenvalue weighted by Gasteiger charge is 2.23. The second-order valence-corrected chi connectivity index (χ2v) is 14.6. The lowest BCUT2D eigenvalue weighted by atomic mass is 9.87. The molecule has 250 valence electrons. The lowest BCUT2D eigenvalue weighted by Crippen LogP contribution is -2.14. The Morgan fingerprint density at radius 1 is 0.423 bits per heavy atom. The Labute approximate surface area is 305 Å². The maximum atomic E-state index is 6.23. The van der Waals surface area contributed by atoms with Gasteiger partial charge in [0.2, 0.25) is 0 Å². The fraction of sp³-hybridized carbons (Fsp3) is 0.0800. The van der Waals surface area contributed by atoms with Crippen LogP contribution in [-0.4, -0.2) is 0 Å². The molecule has 0 aliphatic carbocycles. The molecule has 0 fully saturated rings. The van der Waals surface area contributed by atoms with Crippen LogP contribution in [0.2, 0.25) is 0 Å². The van der Waals surface area contributed by atoms with Crippen molar-refractivity contribution in [3.63, 3.8) is 0 Å². The number of hydrogen-bond donors (Lipinski definition) is 0. The summed E-state index contributed by atoms with van der Waals surface area (Å²) in [5.41, 5.74) is 13.6. The first kappa shape index (κ1) is 31.6. The smallest absolute Gasteiger partial charge is 0.135 e. The van der Waals surface area contributed by atoms with Crippen molar-refractivity contribution in [3.8, 4) is 33.4 Å². The molecule has 9 rings (SSSR count). The van der Waals surface area contributed by atoms with Gasteiger partial charge in [0.25, 0.3) is 0 Å². The Hall–Kier alpha value is -6.38. The van der Waals surface area contributed by atoms with E-state index < -0.39 is 0 Å². The normalized spacial score (nSPS) is 11.8. The average molecular weight is 670 g/mol. The molecule has 0 amide bonds. The lowest BCUT2D eigenvalue weighted by Gasteiger charge is -2.31. The molecular weight excluding hydrogens is 631 g/mol. The predicted octanol–water partition coefficient (Wildman–Crippen LogP) is 14.5. The predicted molar refractivity (Wildman–Crippen MR) is 221 cm³/mol. The van der Waals surface area contributed by atoms with Gasteiger partial charge < -0.3 is 9.32 Å². The number of fused-ring (bicyclic) bond motifs is 4. The molecule has 0 aliphatic rings. The molecule has 0 N–H and O–H groups in total. The first-order valence-electron chi connectivity index (χ1n) is 18.0. The van der Waals surface area contributed by atoms with E-state index in [0.717, 1.165) is 50.1 Å². The minimum absolute atomic E-state index is 0.0404. The SMILES string of the molecule is CC(C)(C)c1ccc(N(c2ccccc2-c2ccc3oc4ccccc4c3c2)c2ccccc2-c2cccc3cccc(-c4ccccc4)c23)cc1. The van der Waals surface area contributed by atoms with Crippen molar-refractivity contribution in [2.45, 2.75) is 26.2 Å².